The van der Waals surface area contributed by atoms with Gasteiger partial charge < -0.3 is 10.6 Å². The summed E-state index contributed by atoms with van der Waals surface area (Å²) in [6.45, 7) is 3.05. The van der Waals surface area contributed by atoms with Crippen LogP contribution in [-0.4, -0.2) is 38.6 Å². The smallest absolute Gasteiger partial charge is 0.242 e. The molecular formula is C20H24ClN3O4S. The van der Waals surface area contributed by atoms with Crippen LogP contribution in [0.1, 0.15) is 30.5 Å². The summed E-state index contributed by atoms with van der Waals surface area (Å²) < 4.78 is 26.0. The van der Waals surface area contributed by atoms with Gasteiger partial charge in [-0.3, -0.25) is 9.59 Å². The summed E-state index contributed by atoms with van der Waals surface area (Å²) in [5.74, 6) is -0.682. The average molecular weight is 438 g/mol. The highest BCUT2D eigenvalue weighted by molar-refractivity contribution is 7.89. The molecule has 2 N–H and O–H groups in total. The van der Waals surface area contributed by atoms with Crippen molar-refractivity contribution in [1.82, 2.24) is 9.62 Å². The Balaban J connectivity index is 2.25. The second-order valence-electron chi connectivity index (χ2n) is 6.79. The Kier molecular flexibility index (Phi) is 7.40. The van der Waals surface area contributed by atoms with Crippen LogP contribution in [0, 0.1) is 6.92 Å². The molecule has 0 saturated heterocycles. The van der Waals surface area contributed by atoms with E-state index in [1.165, 1.54) is 27.1 Å². The zero-order valence-electron chi connectivity index (χ0n) is 16.7. The molecule has 156 valence electrons. The van der Waals surface area contributed by atoms with Gasteiger partial charge in [-0.15, -0.1) is 0 Å². The number of hydrogen-bond acceptors (Lipinski definition) is 4. The van der Waals surface area contributed by atoms with Crippen molar-refractivity contribution in [2.75, 3.05) is 19.4 Å². The maximum atomic E-state index is 12.6. The molecule has 2 amide bonds. The first-order valence-electron chi connectivity index (χ1n) is 8.87. The number of rotatable bonds is 7. The summed E-state index contributed by atoms with van der Waals surface area (Å²) in [5.41, 5.74) is 1.55. The molecule has 1 unspecified atom stereocenters. The van der Waals surface area contributed by atoms with Crippen molar-refractivity contribution >= 4 is 39.1 Å². The van der Waals surface area contributed by atoms with Gasteiger partial charge in [0.2, 0.25) is 21.8 Å². The van der Waals surface area contributed by atoms with Gasteiger partial charge in [-0.05, 0) is 36.2 Å². The predicted molar refractivity (Wildman–Crippen MR) is 113 cm³/mol. The minimum atomic E-state index is -3.65. The Morgan fingerprint density at radius 2 is 1.79 bits per heavy atom. The Hall–Kier alpha value is -2.42. The van der Waals surface area contributed by atoms with Crippen LogP contribution in [0.3, 0.4) is 0 Å². The highest BCUT2D eigenvalue weighted by Gasteiger charge is 2.22. The van der Waals surface area contributed by atoms with Crippen LogP contribution in [0.25, 0.3) is 0 Å². The van der Waals surface area contributed by atoms with Gasteiger partial charge in [0.25, 0.3) is 0 Å². The molecule has 0 aliphatic rings. The van der Waals surface area contributed by atoms with E-state index in [-0.39, 0.29) is 23.1 Å². The number of nitrogens with zero attached hydrogens (tertiary/aromatic N) is 1. The van der Waals surface area contributed by atoms with Crippen LogP contribution in [0.2, 0.25) is 5.02 Å². The fourth-order valence-corrected chi connectivity index (χ4v) is 4.20. The van der Waals surface area contributed by atoms with E-state index in [9.17, 15) is 18.0 Å². The molecule has 0 spiro atoms. The van der Waals surface area contributed by atoms with E-state index >= 15 is 0 Å². The quantitative estimate of drug-likeness (QED) is 0.695. The molecule has 7 nitrogen and oxygen atoms in total. The monoisotopic (exact) mass is 437 g/mol. The molecule has 1 atom stereocenters. The second kappa shape index (κ2) is 9.39. The Bertz CT molecular complexity index is 1020. The summed E-state index contributed by atoms with van der Waals surface area (Å²) in [6, 6.07) is 11.0. The molecule has 0 aliphatic heterocycles. The van der Waals surface area contributed by atoms with Gasteiger partial charge in [-0.1, -0.05) is 35.9 Å². The van der Waals surface area contributed by atoms with Gasteiger partial charge in [0, 0.05) is 31.7 Å². The second-order valence-corrected chi connectivity index (χ2v) is 9.32. The topological polar surface area (TPSA) is 95.6 Å². The number of benzene rings is 2. The number of halogens is 1. The maximum absolute atomic E-state index is 12.6. The number of aryl methyl sites for hydroxylation is 1. The third-order valence-corrected chi connectivity index (χ3v) is 6.58. The molecule has 0 bridgehead atoms. The van der Waals surface area contributed by atoms with E-state index in [1.54, 1.807) is 43.3 Å². The average Bonchev–Trinajstić information content (AvgIpc) is 2.62. The number of nitrogens with one attached hydrogen (secondary N) is 2. The Morgan fingerprint density at radius 3 is 2.38 bits per heavy atom. The molecular weight excluding hydrogens is 414 g/mol. The molecule has 0 fully saturated rings. The lowest BCUT2D eigenvalue weighted by Gasteiger charge is -2.20. The number of hydrogen-bond donors (Lipinski definition) is 2. The van der Waals surface area contributed by atoms with Crippen molar-refractivity contribution < 1.29 is 18.0 Å². The Labute approximate surface area is 176 Å². The molecule has 2 aromatic carbocycles. The number of anilines is 1. The van der Waals surface area contributed by atoms with E-state index < -0.39 is 16.1 Å². The lowest BCUT2D eigenvalue weighted by molar-refractivity contribution is -0.120. The largest absolute Gasteiger partial charge is 0.349 e. The molecule has 0 heterocycles. The number of amides is 2. The zero-order chi connectivity index (χ0) is 21.8. The van der Waals surface area contributed by atoms with Gasteiger partial charge in [0.05, 0.1) is 17.4 Å². The minimum Gasteiger partial charge on any atom is -0.349 e. The minimum absolute atomic E-state index is 0.0625. The molecule has 9 heteroatoms. The summed E-state index contributed by atoms with van der Waals surface area (Å²) in [4.78, 5) is 24.3. The van der Waals surface area contributed by atoms with Crippen molar-refractivity contribution in [2.24, 2.45) is 0 Å². The van der Waals surface area contributed by atoms with Crippen molar-refractivity contribution in [3.05, 3.63) is 58.6 Å². The Morgan fingerprint density at radius 1 is 1.14 bits per heavy atom. The highest BCUT2D eigenvalue weighted by atomic mass is 35.5. The summed E-state index contributed by atoms with van der Waals surface area (Å²) in [7, 11) is -0.754. The first-order chi connectivity index (χ1) is 13.5. The van der Waals surface area contributed by atoms with Crippen LogP contribution < -0.4 is 10.6 Å². The lowest BCUT2D eigenvalue weighted by Crippen LogP contribution is -2.30. The van der Waals surface area contributed by atoms with Gasteiger partial charge in [0.15, 0.2) is 0 Å². The number of carbonyl (C=O) groups is 2. The van der Waals surface area contributed by atoms with Crippen molar-refractivity contribution in [1.29, 1.82) is 0 Å². The van der Waals surface area contributed by atoms with Crippen LogP contribution in [0.15, 0.2) is 47.4 Å². The van der Waals surface area contributed by atoms with Gasteiger partial charge in [0.1, 0.15) is 0 Å². The first kappa shape index (κ1) is 22.9. The third kappa shape index (κ3) is 5.79. The van der Waals surface area contributed by atoms with E-state index in [0.717, 1.165) is 4.31 Å². The van der Waals surface area contributed by atoms with Gasteiger partial charge >= 0.3 is 0 Å². The molecule has 2 aromatic rings. The van der Waals surface area contributed by atoms with E-state index in [0.29, 0.717) is 21.8 Å². The molecule has 0 aliphatic carbocycles. The third-order valence-electron chi connectivity index (χ3n) is 4.28. The van der Waals surface area contributed by atoms with Crippen LogP contribution in [0.4, 0.5) is 5.69 Å². The lowest BCUT2D eigenvalue weighted by atomic mass is 10.0. The normalized spacial score (nSPS) is 12.5. The SMILES string of the molecule is CC(=O)NC(CC(=O)Nc1ccc(C)c(S(=O)(=O)N(C)C)c1)c1ccccc1Cl. The maximum Gasteiger partial charge on any atom is 0.242 e. The standard InChI is InChI=1S/C20H24ClN3O4S/c1-13-9-10-15(11-19(13)29(27,28)24(3)4)23-20(26)12-18(22-14(2)25)16-7-5-6-8-17(16)21/h5-11,18H,12H2,1-4H3,(H,22,25)(H,23,26). The number of carbonyl (C=O) groups excluding carboxylic acids is 2. The highest BCUT2D eigenvalue weighted by Crippen LogP contribution is 2.26. The van der Waals surface area contributed by atoms with E-state index in [2.05, 4.69) is 10.6 Å². The zero-order valence-corrected chi connectivity index (χ0v) is 18.3. The van der Waals surface area contributed by atoms with Crippen molar-refractivity contribution in [2.45, 2.75) is 31.2 Å². The molecule has 29 heavy (non-hydrogen) atoms. The van der Waals surface area contributed by atoms with Gasteiger partial charge in [-0.25, -0.2) is 12.7 Å². The summed E-state index contributed by atoms with van der Waals surface area (Å²) in [5, 5.41) is 5.86. The van der Waals surface area contributed by atoms with E-state index in [1.807, 2.05) is 0 Å². The predicted octanol–water partition coefficient (Wildman–Crippen LogP) is 3.10. The van der Waals surface area contributed by atoms with E-state index in [4.69, 9.17) is 11.6 Å². The molecule has 0 saturated carbocycles. The molecule has 2 rings (SSSR count). The fourth-order valence-electron chi connectivity index (χ4n) is 2.79. The summed E-state index contributed by atoms with van der Waals surface area (Å²) >= 11 is 6.21. The molecule has 0 radical (unpaired) electrons. The van der Waals surface area contributed by atoms with Crippen molar-refractivity contribution in [3.8, 4) is 0 Å². The van der Waals surface area contributed by atoms with Crippen molar-refractivity contribution in [3.63, 3.8) is 0 Å². The van der Waals surface area contributed by atoms with Crippen LogP contribution >= 0.6 is 11.6 Å². The van der Waals surface area contributed by atoms with Crippen LogP contribution in [0.5, 0.6) is 0 Å². The summed E-state index contributed by atoms with van der Waals surface area (Å²) in [6.07, 6.45) is -0.0625. The van der Waals surface area contributed by atoms with Crippen LogP contribution in [-0.2, 0) is 19.6 Å². The fraction of sp³-hybridized carbons (Fsp3) is 0.300. The molecule has 0 aromatic heterocycles. The first-order valence-corrected chi connectivity index (χ1v) is 10.7. The van der Waals surface area contributed by atoms with Gasteiger partial charge in [-0.2, -0.15) is 0 Å². The number of sulfonamides is 1.